The number of anilines is 1. The fourth-order valence-corrected chi connectivity index (χ4v) is 2.56. The highest BCUT2D eigenvalue weighted by Gasteiger charge is 2.17. The molecular weight excluding hydrogens is 200 g/mol. The molecule has 1 saturated carbocycles. The minimum Gasteiger partial charge on any atom is -0.399 e. The summed E-state index contributed by atoms with van der Waals surface area (Å²) in [5.41, 5.74) is 8.47. The Bertz CT molecular complexity index is 497. The number of nitrogen functional groups attached to an aromatic ring is 1. The van der Waals surface area contributed by atoms with Crippen molar-refractivity contribution in [3.05, 3.63) is 18.2 Å². The van der Waals surface area contributed by atoms with Crippen LogP contribution in [0.2, 0.25) is 0 Å². The molecule has 0 aliphatic heterocycles. The second-order valence-corrected chi connectivity index (χ2v) is 4.67. The summed E-state index contributed by atoms with van der Waals surface area (Å²) in [5, 5.41) is 8.37. The quantitative estimate of drug-likeness (QED) is 0.783. The van der Waals surface area contributed by atoms with Crippen LogP contribution in [0.15, 0.2) is 18.2 Å². The van der Waals surface area contributed by atoms with E-state index in [0.717, 1.165) is 29.2 Å². The lowest BCUT2D eigenvalue weighted by atomic mass is 10.1. The number of aromatic nitrogens is 3. The van der Waals surface area contributed by atoms with Crippen LogP contribution in [0.1, 0.15) is 25.7 Å². The Morgan fingerprint density at radius 1 is 1.31 bits per heavy atom. The van der Waals surface area contributed by atoms with Crippen molar-refractivity contribution in [2.45, 2.75) is 32.2 Å². The molecule has 0 amide bonds. The van der Waals surface area contributed by atoms with Gasteiger partial charge in [-0.1, -0.05) is 18.1 Å². The molecular formula is C12H16N4. The predicted octanol–water partition coefficient (Wildman–Crippen LogP) is 2.20. The molecule has 0 atom stereocenters. The van der Waals surface area contributed by atoms with Crippen molar-refractivity contribution in [1.82, 2.24) is 15.0 Å². The Kier molecular flexibility index (Phi) is 2.27. The average Bonchev–Trinajstić information content (AvgIpc) is 2.89. The van der Waals surface area contributed by atoms with Crippen LogP contribution in [0.25, 0.3) is 11.0 Å². The van der Waals surface area contributed by atoms with Crippen LogP contribution in [-0.4, -0.2) is 15.0 Å². The van der Waals surface area contributed by atoms with Gasteiger partial charge in [-0.3, -0.25) is 0 Å². The number of benzene rings is 1. The van der Waals surface area contributed by atoms with Gasteiger partial charge in [-0.2, -0.15) is 0 Å². The van der Waals surface area contributed by atoms with Crippen LogP contribution >= 0.6 is 0 Å². The molecule has 0 unspecified atom stereocenters. The summed E-state index contributed by atoms with van der Waals surface area (Å²) in [6.45, 7) is 1.00. The number of hydrogen-bond donors (Lipinski definition) is 1. The monoisotopic (exact) mass is 216 g/mol. The molecule has 0 saturated heterocycles. The van der Waals surface area contributed by atoms with Gasteiger partial charge >= 0.3 is 0 Å². The molecule has 0 bridgehead atoms. The van der Waals surface area contributed by atoms with Crippen molar-refractivity contribution in [3.8, 4) is 0 Å². The van der Waals surface area contributed by atoms with Gasteiger partial charge < -0.3 is 5.73 Å². The van der Waals surface area contributed by atoms with Crippen LogP contribution in [0.3, 0.4) is 0 Å². The zero-order valence-electron chi connectivity index (χ0n) is 9.26. The number of nitrogens with two attached hydrogens (primary N) is 1. The lowest BCUT2D eigenvalue weighted by Crippen LogP contribution is -2.08. The molecule has 16 heavy (non-hydrogen) atoms. The molecule has 2 aromatic rings. The molecule has 0 spiro atoms. The van der Waals surface area contributed by atoms with Crippen LogP contribution in [0, 0.1) is 5.92 Å². The van der Waals surface area contributed by atoms with Gasteiger partial charge in [-0.15, -0.1) is 5.10 Å². The van der Waals surface area contributed by atoms with E-state index < -0.39 is 0 Å². The summed E-state index contributed by atoms with van der Waals surface area (Å²) in [4.78, 5) is 0. The maximum Gasteiger partial charge on any atom is 0.115 e. The van der Waals surface area contributed by atoms with E-state index in [1.165, 1.54) is 25.7 Å². The summed E-state index contributed by atoms with van der Waals surface area (Å²) in [6.07, 6.45) is 5.39. The van der Waals surface area contributed by atoms with Crippen LogP contribution in [0.4, 0.5) is 5.69 Å². The first kappa shape index (κ1) is 9.63. The molecule has 1 aromatic heterocycles. The van der Waals surface area contributed by atoms with Gasteiger partial charge in [0, 0.05) is 12.2 Å². The molecule has 1 aliphatic rings. The van der Waals surface area contributed by atoms with E-state index in [2.05, 4.69) is 10.3 Å². The predicted molar refractivity (Wildman–Crippen MR) is 63.9 cm³/mol. The van der Waals surface area contributed by atoms with Gasteiger partial charge in [0.15, 0.2) is 0 Å². The van der Waals surface area contributed by atoms with E-state index in [4.69, 9.17) is 5.73 Å². The molecule has 1 fully saturated rings. The number of fused-ring (bicyclic) bond motifs is 1. The van der Waals surface area contributed by atoms with Crippen molar-refractivity contribution in [2.75, 3.05) is 5.73 Å². The summed E-state index contributed by atoms with van der Waals surface area (Å²) < 4.78 is 2.02. The third-order valence-corrected chi connectivity index (χ3v) is 3.44. The van der Waals surface area contributed by atoms with Gasteiger partial charge in [-0.05, 0) is 37.0 Å². The van der Waals surface area contributed by atoms with E-state index >= 15 is 0 Å². The third kappa shape index (κ3) is 1.64. The van der Waals surface area contributed by atoms with E-state index in [-0.39, 0.29) is 0 Å². The summed E-state index contributed by atoms with van der Waals surface area (Å²) in [5.74, 6) is 0.780. The van der Waals surface area contributed by atoms with E-state index in [9.17, 15) is 0 Å². The van der Waals surface area contributed by atoms with E-state index in [1.807, 2.05) is 22.9 Å². The van der Waals surface area contributed by atoms with Crippen LogP contribution in [-0.2, 0) is 6.54 Å². The highest BCUT2D eigenvalue weighted by Crippen LogP contribution is 2.27. The summed E-state index contributed by atoms with van der Waals surface area (Å²) in [7, 11) is 0. The first-order valence-electron chi connectivity index (χ1n) is 5.91. The van der Waals surface area contributed by atoms with Gasteiger partial charge in [0.2, 0.25) is 0 Å². The van der Waals surface area contributed by atoms with Crippen LogP contribution in [0.5, 0.6) is 0 Å². The second-order valence-electron chi connectivity index (χ2n) is 4.67. The molecule has 84 valence electrons. The largest absolute Gasteiger partial charge is 0.399 e. The average molecular weight is 216 g/mol. The number of rotatable bonds is 2. The van der Waals surface area contributed by atoms with Crippen molar-refractivity contribution < 1.29 is 0 Å². The lowest BCUT2D eigenvalue weighted by molar-refractivity contribution is 0.430. The van der Waals surface area contributed by atoms with Gasteiger partial charge in [0.25, 0.3) is 0 Å². The second kappa shape index (κ2) is 3.77. The fourth-order valence-electron chi connectivity index (χ4n) is 2.56. The van der Waals surface area contributed by atoms with Gasteiger partial charge in [0.1, 0.15) is 5.52 Å². The molecule has 0 radical (unpaired) electrons. The lowest BCUT2D eigenvalue weighted by Gasteiger charge is -2.08. The Labute approximate surface area is 94.4 Å². The smallest absolute Gasteiger partial charge is 0.115 e. The van der Waals surface area contributed by atoms with Crippen molar-refractivity contribution >= 4 is 16.7 Å². The zero-order chi connectivity index (χ0) is 11.0. The SMILES string of the molecule is Nc1ccc2c(c1)nnn2CC1CCCC1. The number of hydrogen-bond acceptors (Lipinski definition) is 3. The maximum absolute atomic E-state index is 5.72. The molecule has 4 heteroatoms. The molecule has 3 rings (SSSR count). The molecule has 1 aliphatic carbocycles. The first-order chi connectivity index (χ1) is 7.83. The normalized spacial score (nSPS) is 17.2. The minimum atomic E-state index is 0.750. The van der Waals surface area contributed by atoms with Crippen molar-refractivity contribution in [2.24, 2.45) is 5.92 Å². The maximum atomic E-state index is 5.72. The minimum absolute atomic E-state index is 0.750. The third-order valence-electron chi connectivity index (χ3n) is 3.44. The van der Waals surface area contributed by atoms with Crippen molar-refractivity contribution in [3.63, 3.8) is 0 Å². The molecule has 1 aromatic carbocycles. The van der Waals surface area contributed by atoms with E-state index in [0.29, 0.717) is 0 Å². The number of nitrogens with zero attached hydrogens (tertiary/aromatic N) is 3. The molecule has 4 nitrogen and oxygen atoms in total. The summed E-state index contributed by atoms with van der Waals surface area (Å²) in [6, 6.07) is 5.81. The molecule has 2 N–H and O–H groups in total. The highest BCUT2D eigenvalue weighted by atomic mass is 15.4. The van der Waals surface area contributed by atoms with E-state index in [1.54, 1.807) is 0 Å². The molecule has 1 heterocycles. The van der Waals surface area contributed by atoms with Crippen LogP contribution < -0.4 is 5.73 Å². The Balaban J connectivity index is 1.91. The Hall–Kier alpha value is -1.58. The summed E-state index contributed by atoms with van der Waals surface area (Å²) >= 11 is 0. The topological polar surface area (TPSA) is 56.7 Å². The van der Waals surface area contributed by atoms with Crippen molar-refractivity contribution in [1.29, 1.82) is 0 Å². The fraction of sp³-hybridized carbons (Fsp3) is 0.500. The zero-order valence-corrected chi connectivity index (χ0v) is 9.26. The Morgan fingerprint density at radius 3 is 2.94 bits per heavy atom. The first-order valence-corrected chi connectivity index (χ1v) is 5.91. The highest BCUT2D eigenvalue weighted by molar-refractivity contribution is 5.77. The van der Waals surface area contributed by atoms with Gasteiger partial charge in [-0.25, -0.2) is 4.68 Å². The standard InChI is InChI=1S/C12H16N4/c13-10-5-6-12-11(7-10)14-15-16(12)8-9-3-1-2-4-9/h5-7,9H,1-4,8,13H2. The Morgan fingerprint density at radius 2 is 2.12 bits per heavy atom. The van der Waals surface area contributed by atoms with Gasteiger partial charge in [0.05, 0.1) is 5.52 Å².